The third-order valence-electron chi connectivity index (χ3n) is 4.41. The quantitative estimate of drug-likeness (QED) is 0.645. The topological polar surface area (TPSA) is 75.7 Å². The average molecular weight is 410 g/mol. The molecular weight excluding hydrogens is 388 g/mol. The minimum absolute atomic E-state index is 0.0980. The predicted molar refractivity (Wildman–Crippen MR) is 113 cm³/mol. The molecule has 1 amide bonds. The fourth-order valence-electron chi connectivity index (χ4n) is 2.79. The number of ether oxygens (including phenoxy) is 1. The van der Waals surface area contributed by atoms with Crippen molar-refractivity contribution >= 4 is 21.6 Å². The number of anilines is 1. The molecule has 0 spiro atoms. The summed E-state index contributed by atoms with van der Waals surface area (Å²) >= 11 is 0. The van der Waals surface area contributed by atoms with E-state index in [4.69, 9.17) is 4.74 Å². The zero-order valence-corrected chi connectivity index (χ0v) is 17.0. The van der Waals surface area contributed by atoms with Gasteiger partial charge in [0.05, 0.1) is 18.6 Å². The first-order chi connectivity index (χ1) is 13.9. The van der Waals surface area contributed by atoms with Crippen LogP contribution in [0, 0.1) is 0 Å². The van der Waals surface area contributed by atoms with Crippen molar-refractivity contribution in [2.45, 2.75) is 4.90 Å². The van der Waals surface area contributed by atoms with Crippen molar-refractivity contribution in [2.24, 2.45) is 0 Å². The van der Waals surface area contributed by atoms with Crippen molar-refractivity contribution < 1.29 is 17.9 Å². The lowest BCUT2D eigenvalue weighted by atomic mass is 10.1. The number of sulfonamides is 1. The Bertz CT molecular complexity index is 1060. The second-order valence-corrected chi connectivity index (χ2v) is 8.47. The minimum Gasteiger partial charge on any atom is -0.497 e. The molecule has 0 radical (unpaired) electrons. The SMILES string of the molecule is COc1ccc(S(=O)(=O)N(C)CC(=O)Nc2ccc(-c3ccccc3)cc2)cc1. The Kier molecular flexibility index (Phi) is 6.31. The molecule has 0 saturated carbocycles. The first-order valence-corrected chi connectivity index (χ1v) is 10.4. The lowest BCUT2D eigenvalue weighted by Crippen LogP contribution is -2.34. The zero-order chi connectivity index (χ0) is 20.9. The summed E-state index contributed by atoms with van der Waals surface area (Å²) in [4.78, 5) is 12.4. The predicted octanol–water partition coefficient (Wildman–Crippen LogP) is 3.62. The molecule has 0 aliphatic heterocycles. The van der Waals surface area contributed by atoms with Crippen LogP contribution in [0.2, 0.25) is 0 Å². The summed E-state index contributed by atoms with van der Waals surface area (Å²) in [5.74, 6) is 0.139. The van der Waals surface area contributed by atoms with E-state index in [9.17, 15) is 13.2 Å². The second kappa shape index (κ2) is 8.89. The van der Waals surface area contributed by atoms with Crippen molar-refractivity contribution in [1.29, 1.82) is 0 Å². The summed E-state index contributed by atoms with van der Waals surface area (Å²) in [6.45, 7) is -0.297. The fourth-order valence-corrected chi connectivity index (χ4v) is 3.92. The van der Waals surface area contributed by atoms with E-state index in [1.165, 1.54) is 26.3 Å². The summed E-state index contributed by atoms with van der Waals surface area (Å²) < 4.78 is 31.3. The highest BCUT2D eigenvalue weighted by Crippen LogP contribution is 2.21. The maximum atomic E-state index is 12.6. The second-order valence-electron chi connectivity index (χ2n) is 6.43. The van der Waals surface area contributed by atoms with Gasteiger partial charge in [0.2, 0.25) is 15.9 Å². The molecule has 0 fully saturated rings. The van der Waals surface area contributed by atoms with Gasteiger partial charge in [-0.2, -0.15) is 4.31 Å². The monoisotopic (exact) mass is 410 g/mol. The molecule has 0 bridgehead atoms. The van der Waals surface area contributed by atoms with Crippen LogP contribution in [0.15, 0.2) is 83.8 Å². The van der Waals surface area contributed by atoms with Crippen LogP contribution in [0.3, 0.4) is 0 Å². The summed E-state index contributed by atoms with van der Waals surface area (Å²) in [6, 6.07) is 23.3. The first-order valence-electron chi connectivity index (χ1n) is 8.96. The van der Waals surface area contributed by atoms with E-state index < -0.39 is 15.9 Å². The molecule has 0 saturated heterocycles. The van der Waals surface area contributed by atoms with Gasteiger partial charge in [0.25, 0.3) is 0 Å². The number of nitrogens with one attached hydrogen (secondary N) is 1. The van der Waals surface area contributed by atoms with E-state index in [-0.39, 0.29) is 11.4 Å². The van der Waals surface area contributed by atoms with Crippen molar-refractivity contribution in [3.8, 4) is 16.9 Å². The molecule has 3 rings (SSSR count). The molecule has 0 heterocycles. The molecule has 0 atom stereocenters. The van der Waals surface area contributed by atoms with Crippen molar-refractivity contribution in [3.05, 3.63) is 78.9 Å². The largest absolute Gasteiger partial charge is 0.497 e. The average Bonchev–Trinajstić information content (AvgIpc) is 2.74. The van der Waals surface area contributed by atoms with E-state index in [0.29, 0.717) is 11.4 Å². The van der Waals surface area contributed by atoms with Crippen LogP contribution in [0.25, 0.3) is 11.1 Å². The highest BCUT2D eigenvalue weighted by atomic mass is 32.2. The van der Waals surface area contributed by atoms with Crippen molar-refractivity contribution in [3.63, 3.8) is 0 Å². The molecule has 0 aliphatic rings. The third kappa shape index (κ3) is 5.01. The third-order valence-corrected chi connectivity index (χ3v) is 6.23. The molecular formula is C22H22N2O4S. The van der Waals surface area contributed by atoms with Gasteiger partial charge in [0.15, 0.2) is 0 Å². The Hall–Kier alpha value is -3.16. The summed E-state index contributed by atoms with van der Waals surface area (Å²) in [7, 11) is -0.898. The van der Waals surface area contributed by atoms with Gasteiger partial charge < -0.3 is 10.1 Å². The molecule has 3 aromatic rings. The Morgan fingerprint density at radius 3 is 2.07 bits per heavy atom. The number of hydrogen-bond acceptors (Lipinski definition) is 4. The van der Waals surface area contributed by atoms with E-state index in [2.05, 4.69) is 5.32 Å². The molecule has 29 heavy (non-hydrogen) atoms. The van der Waals surface area contributed by atoms with Gasteiger partial charge in [0, 0.05) is 12.7 Å². The number of methoxy groups -OCH3 is 1. The molecule has 1 N–H and O–H groups in total. The normalized spacial score (nSPS) is 11.3. The number of carbonyl (C=O) groups excluding carboxylic acids is 1. The summed E-state index contributed by atoms with van der Waals surface area (Å²) in [5.41, 5.74) is 2.71. The van der Waals surface area contributed by atoms with Gasteiger partial charge in [-0.15, -0.1) is 0 Å². The van der Waals surface area contributed by atoms with Gasteiger partial charge in [-0.3, -0.25) is 4.79 Å². The van der Waals surface area contributed by atoms with Crippen LogP contribution >= 0.6 is 0 Å². The standard InChI is InChI=1S/C22H22N2O4S/c1-24(29(26,27)21-14-12-20(28-2)13-15-21)16-22(25)23-19-10-8-18(9-11-19)17-6-4-3-5-7-17/h3-15H,16H2,1-2H3,(H,23,25). The zero-order valence-electron chi connectivity index (χ0n) is 16.2. The van der Waals surface area contributed by atoms with Gasteiger partial charge in [-0.1, -0.05) is 42.5 Å². The van der Waals surface area contributed by atoms with Gasteiger partial charge >= 0.3 is 0 Å². The van der Waals surface area contributed by atoms with Crippen molar-refractivity contribution in [1.82, 2.24) is 4.31 Å². The molecule has 0 unspecified atom stereocenters. The Morgan fingerprint density at radius 2 is 1.48 bits per heavy atom. The van der Waals surface area contributed by atoms with Crippen molar-refractivity contribution in [2.75, 3.05) is 26.0 Å². The smallest absolute Gasteiger partial charge is 0.243 e. The number of nitrogens with zero attached hydrogens (tertiary/aromatic N) is 1. The van der Waals surface area contributed by atoms with Crippen LogP contribution in [-0.2, 0) is 14.8 Å². The highest BCUT2D eigenvalue weighted by Gasteiger charge is 2.23. The van der Waals surface area contributed by atoms with Crippen LogP contribution in [0.1, 0.15) is 0 Å². The summed E-state index contributed by atoms with van der Waals surface area (Å²) in [5, 5.41) is 2.73. The number of amides is 1. The van der Waals surface area contributed by atoms with Crippen LogP contribution < -0.4 is 10.1 Å². The highest BCUT2D eigenvalue weighted by molar-refractivity contribution is 7.89. The fraction of sp³-hybridized carbons (Fsp3) is 0.136. The van der Waals surface area contributed by atoms with Gasteiger partial charge in [-0.05, 0) is 47.5 Å². The Morgan fingerprint density at radius 1 is 0.897 bits per heavy atom. The molecule has 0 aliphatic carbocycles. The van der Waals surface area contributed by atoms with E-state index in [1.807, 2.05) is 42.5 Å². The van der Waals surface area contributed by atoms with Crippen LogP contribution in [0.5, 0.6) is 5.75 Å². The first kappa shape index (κ1) is 20.6. The van der Waals surface area contributed by atoms with Gasteiger partial charge in [0.1, 0.15) is 5.75 Å². The van der Waals surface area contributed by atoms with E-state index in [1.54, 1.807) is 24.3 Å². The van der Waals surface area contributed by atoms with Gasteiger partial charge in [-0.25, -0.2) is 8.42 Å². The number of rotatable bonds is 7. The van der Waals surface area contributed by atoms with E-state index >= 15 is 0 Å². The Labute approximate surface area is 170 Å². The molecule has 0 aromatic heterocycles. The maximum Gasteiger partial charge on any atom is 0.243 e. The molecule has 150 valence electrons. The Balaban J connectivity index is 1.63. The number of hydrogen-bond donors (Lipinski definition) is 1. The summed E-state index contributed by atoms with van der Waals surface area (Å²) in [6.07, 6.45) is 0. The molecule has 7 heteroatoms. The van der Waals surface area contributed by atoms with E-state index in [0.717, 1.165) is 15.4 Å². The minimum atomic E-state index is -3.78. The van der Waals surface area contributed by atoms with Crippen LogP contribution in [-0.4, -0.2) is 39.3 Å². The lowest BCUT2D eigenvalue weighted by Gasteiger charge is -2.17. The number of carbonyl (C=O) groups is 1. The number of benzene rings is 3. The lowest BCUT2D eigenvalue weighted by molar-refractivity contribution is -0.116. The molecule has 3 aromatic carbocycles. The van der Waals surface area contributed by atoms with Crippen LogP contribution in [0.4, 0.5) is 5.69 Å². The number of likely N-dealkylation sites (N-methyl/N-ethyl adjacent to an activating group) is 1. The maximum absolute atomic E-state index is 12.6. The molecule has 6 nitrogen and oxygen atoms in total.